The van der Waals surface area contributed by atoms with Crippen LogP contribution in [0, 0.1) is 5.82 Å². The number of anilines is 2. The zero-order chi connectivity index (χ0) is 19.9. The molecule has 4 rings (SSSR count). The maximum Gasteiger partial charge on any atom is 0.167 e. The van der Waals surface area contributed by atoms with Gasteiger partial charge in [-0.05, 0) is 32.3 Å². The van der Waals surface area contributed by atoms with Crippen molar-refractivity contribution < 1.29 is 9.13 Å². The number of aliphatic imine (C=N–C) groups is 1. The van der Waals surface area contributed by atoms with Crippen LogP contribution in [0.3, 0.4) is 0 Å². The summed E-state index contributed by atoms with van der Waals surface area (Å²) < 4.78 is 20.2. The average Bonchev–Trinajstić information content (AvgIpc) is 3.23. The van der Waals surface area contributed by atoms with Gasteiger partial charge in [-0.15, -0.1) is 0 Å². The summed E-state index contributed by atoms with van der Waals surface area (Å²) in [6, 6.07) is 4.91. The van der Waals surface area contributed by atoms with Crippen LogP contribution in [-0.4, -0.2) is 47.5 Å². The van der Waals surface area contributed by atoms with Gasteiger partial charge in [-0.2, -0.15) is 0 Å². The normalized spacial score (nSPS) is 21.1. The highest BCUT2D eigenvalue weighted by Gasteiger charge is 2.40. The molecule has 0 radical (unpaired) electrons. The Labute approximate surface area is 163 Å². The van der Waals surface area contributed by atoms with E-state index in [9.17, 15) is 4.39 Å². The Bertz CT molecular complexity index is 927. The van der Waals surface area contributed by atoms with Gasteiger partial charge in [0.1, 0.15) is 17.7 Å². The lowest BCUT2D eigenvalue weighted by atomic mass is 10.0. The molecule has 1 saturated carbocycles. The minimum Gasteiger partial charge on any atom is -0.484 e. The van der Waals surface area contributed by atoms with Gasteiger partial charge < -0.3 is 21.1 Å². The molecule has 2 fully saturated rings. The molecular weight excluding hydrogens is 359 g/mol. The van der Waals surface area contributed by atoms with Crippen molar-refractivity contribution >= 4 is 17.2 Å². The lowest BCUT2D eigenvalue weighted by molar-refractivity contribution is 0.191. The first kappa shape index (κ1) is 18.6. The first-order valence-corrected chi connectivity index (χ1v) is 9.47. The number of aromatic nitrogens is 2. The van der Waals surface area contributed by atoms with E-state index in [1.807, 2.05) is 13.0 Å². The van der Waals surface area contributed by atoms with Crippen molar-refractivity contribution in [1.29, 1.82) is 0 Å². The lowest BCUT2D eigenvalue weighted by Gasteiger charge is -2.18. The summed E-state index contributed by atoms with van der Waals surface area (Å²) in [6.45, 7) is 3.57. The van der Waals surface area contributed by atoms with Crippen LogP contribution in [-0.2, 0) is 0 Å². The number of benzene rings is 1. The summed E-state index contributed by atoms with van der Waals surface area (Å²) in [5.74, 6) is 0.506. The van der Waals surface area contributed by atoms with E-state index in [1.165, 1.54) is 12.4 Å². The molecule has 1 aliphatic heterocycles. The molecule has 0 spiro atoms. The zero-order valence-electron chi connectivity index (χ0n) is 16.2. The number of nitrogen functional groups attached to an aromatic ring is 1. The van der Waals surface area contributed by atoms with E-state index >= 15 is 0 Å². The fourth-order valence-corrected chi connectivity index (χ4v) is 3.41. The highest BCUT2D eigenvalue weighted by Crippen LogP contribution is 2.41. The number of halogens is 1. The molecule has 1 atom stereocenters. The Hall–Kier alpha value is -2.74. The predicted octanol–water partition coefficient (Wildman–Crippen LogP) is 2.13. The largest absolute Gasteiger partial charge is 0.484 e. The number of hydrogen-bond acceptors (Lipinski definition) is 7. The van der Waals surface area contributed by atoms with Gasteiger partial charge >= 0.3 is 0 Å². The zero-order valence-corrected chi connectivity index (χ0v) is 16.2. The van der Waals surface area contributed by atoms with Gasteiger partial charge in [0.15, 0.2) is 11.6 Å². The lowest BCUT2D eigenvalue weighted by Crippen LogP contribution is -2.27. The third-order valence-corrected chi connectivity index (χ3v) is 5.34. The molecule has 0 amide bonds. The minimum atomic E-state index is -0.473. The molecule has 4 N–H and O–H groups in total. The van der Waals surface area contributed by atoms with E-state index in [1.54, 1.807) is 13.1 Å². The fourth-order valence-electron chi connectivity index (χ4n) is 3.41. The quantitative estimate of drug-likeness (QED) is 0.605. The molecule has 28 heavy (non-hydrogen) atoms. The van der Waals surface area contributed by atoms with E-state index in [-0.39, 0.29) is 23.1 Å². The second-order valence-electron chi connectivity index (χ2n) is 7.75. The van der Waals surface area contributed by atoms with Crippen LogP contribution in [0.5, 0.6) is 5.75 Å². The monoisotopic (exact) mass is 384 g/mol. The standard InChI is InChI=1S/C20H25FN6O/c1-20(4-5-20)28-17-7-13(15(23)8-14(17)21)19(24-2)16-9-18(26-11-25-16)27-6-3-12(22)10-27/h7-9,11-12H,3-6,10,22-23H2,1-2H3/t12-/m0/s1. The molecule has 1 aromatic heterocycles. The van der Waals surface area contributed by atoms with Gasteiger partial charge in [0.25, 0.3) is 0 Å². The maximum atomic E-state index is 14.4. The van der Waals surface area contributed by atoms with Crippen molar-refractivity contribution in [3.8, 4) is 5.75 Å². The summed E-state index contributed by atoms with van der Waals surface area (Å²) in [5, 5.41) is 0. The van der Waals surface area contributed by atoms with Crippen molar-refractivity contribution in [3.05, 3.63) is 41.6 Å². The molecule has 8 heteroatoms. The Morgan fingerprint density at radius 3 is 2.75 bits per heavy atom. The Morgan fingerprint density at radius 1 is 1.32 bits per heavy atom. The first-order valence-electron chi connectivity index (χ1n) is 9.47. The molecule has 1 saturated heterocycles. The van der Waals surface area contributed by atoms with E-state index < -0.39 is 5.82 Å². The van der Waals surface area contributed by atoms with Crippen LogP contribution < -0.4 is 21.1 Å². The summed E-state index contributed by atoms with van der Waals surface area (Å²) in [7, 11) is 1.66. The van der Waals surface area contributed by atoms with Crippen molar-refractivity contribution in [2.75, 3.05) is 30.8 Å². The van der Waals surface area contributed by atoms with Crippen LogP contribution in [0.15, 0.2) is 29.5 Å². The second-order valence-corrected chi connectivity index (χ2v) is 7.75. The molecular formula is C20H25FN6O. The van der Waals surface area contributed by atoms with Crippen LogP contribution in [0.1, 0.15) is 37.4 Å². The Kier molecular flexibility index (Phi) is 4.66. The summed E-state index contributed by atoms with van der Waals surface area (Å²) >= 11 is 0. The molecule has 2 heterocycles. The van der Waals surface area contributed by atoms with Crippen molar-refractivity contribution in [1.82, 2.24) is 9.97 Å². The van der Waals surface area contributed by atoms with Crippen LogP contribution in [0.2, 0.25) is 0 Å². The van der Waals surface area contributed by atoms with E-state index in [0.29, 0.717) is 17.0 Å². The number of nitrogens with zero attached hydrogens (tertiary/aromatic N) is 4. The molecule has 0 bridgehead atoms. The van der Waals surface area contributed by atoms with E-state index in [4.69, 9.17) is 16.2 Å². The molecule has 148 valence electrons. The third kappa shape index (κ3) is 3.64. The summed E-state index contributed by atoms with van der Waals surface area (Å²) in [5.41, 5.74) is 13.9. The third-order valence-electron chi connectivity index (χ3n) is 5.34. The fraction of sp³-hybridized carbons (Fsp3) is 0.450. The summed E-state index contributed by atoms with van der Waals surface area (Å²) in [4.78, 5) is 15.2. The number of ether oxygens (including phenoxy) is 1. The Balaban J connectivity index is 1.68. The van der Waals surface area contributed by atoms with Crippen LogP contribution in [0.25, 0.3) is 0 Å². The van der Waals surface area contributed by atoms with Crippen molar-refractivity contribution in [2.24, 2.45) is 10.7 Å². The Morgan fingerprint density at radius 2 is 2.11 bits per heavy atom. The van der Waals surface area contributed by atoms with Gasteiger partial charge in [0.05, 0.1) is 11.4 Å². The number of hydrogen-bond donors (Lipinski definition) is 2. The summed E-state index contributed by atoms with van der Waals surface area (Å²) in [6.07, 6.45) is 4.25. The highest BCUT2D eigenvalue weighted by molar-refractivity contribution is 6.15. The molecule has 2 aromatic rings. The van der Waals surface area contributed by atoms with E-state index in [2.05, 4.69) is 19.9 Å². The van der Waals surface area contributed by atoms with Gasteiger partial charge in [0.2, 0.25) is 0 Å². The number of rotatable bonds is 5. The molecule has 7 nitrogen and oxygen atoms in total. The minimum absolute atomic E-state index is 0.147. The smallest absolute Gasteiger partial charge is 0.167 e. The van der Waals surface area contributed by atoms with Crippen LogP contribution >= 0.6 is 0 Å². The van der Waals surface area contributed by atoms with Gasteiger partial charge in [-0.1, -0.05) is 0 Å². The highest BCUT2D eigenvalue weighted by atomic mass is 19.1. The van der Waals surface area contributed by atoms with Gasteiger partial charge in [0, 0.05) is 49.6 Å². The van der Waals surface area contributed by atoms with Crippen molar-refractivity contribution in [2.45, 2.75) is 37.8 Å². The van der Waals surface area contributed by atoms with Gasteiger partial charge in [-0.25, -0.2) is 14.4 Å². The molecule has 2 aliphatic rings. The van der Waals surface area contributed by atoms with Crippen LogP contribution in [0.4, 0.5) is 15.9 Å². The molecule has 1 aromatic carbocycles. The first-order chi connectivity index (χ1) is 13.4. The van der Waals surface area contributed by atoms with Crippen molar-refractivity contribution in [3.63, 3.8) is 0 Å². The topological polar surface area (TPSA) is 103 Å². The molecule has 0 unspecified atom stereocenters. The maximum absolute atomic E-state index is 14.4. The predicted molar refractivity (Wildman–Crippen MR) is 107 cm³/mol. The second kappa shape index (κ2) is 7.01. The SMILES string of the molecule is CN=C(c1cc(N2CC[C@H](N)C2)ncn1)c1cc(OC2(C)CC2)c(F)cc1N. The number of nitrogens with two attached hydrogens (primary N) is 2. The average molecular weight is 384 g/mol. The van der Waals surface area contributed by atoms with E-state index in [0.717, 1.165) is 38.2 Å². The molecule has 1 aliphatic carbocycles. The van der Waals surface area contributed by atoms with Gasteiger partial charge in [-0.3, -0.25) is 4.99 Å².